The Kier molecular flexibility index (Phi) is 14.8. The number of aliphatic hydroxyl groups excluding tert-OH is 1. The molecule has 20 atom stereocenters. The number of aliphatic hydroxyl groups is 3. The molecule has 3 saturated carbocycles. The van der Waals surface area contributed by atoms with E-state index in [1.807, 2.05) is 51.1 Å². The first-order chi connectivity index (χ1) is 31.4. The van der Waals surface area contributed by atoms with Gasteiger partial charge in [-0.05, 0) is 89.7 Å². The van der Waals surface area contributed by atoms with Crippen LogP contribution in [0.15, 0.2) is 48.1 Å². The molecule has 4 aliphatic carbocycles. The largest absolute Gasteiger partial charge is 0.458 e. The van der Waals surface area contributed by atoms with Gasteiger partial charge in [-0.25, -0.2) is 4.79 Å². The summed E-state index contributed by atoms with van der Waals surface area (Å²) in [7, 11) is 4.87. The Balaban J connectivity index is 0.911. The van der Waals surface area contributed by atoms with Crippen molar-refractivity contribution >= 4 is 17.8 Å². The first kappa shape index (κ1) is 49.8. The smallest absolute Gasteiger partial charge is 0.331 e. The fraction of sp³-hybridized carbons (Fsp3) is 0.765. The van der Waals surface area contributed by atoms with E-state index in [4.69, 9.17) is 47.4 Å². The quantitative estimate of drug-likeness (QED) is 0.126. The van der Waals surface area contributed by atoms with Crippen molar-refractivity contribution in [1.82, 2.24) is 0 Å². The lowest BCUT2D eigenvalue weighted by Gasteiger charge is -2.66. The third kappa shape index (κ3) is 8.91. The number of ketones is 1. The lowest BCUT2D eigenvalue weighted by Crippen LogP contribution is -2.75. The normalized spacial score (nSPS) is 47.1. The minimum atomic E-state index is -1.67. The minimum Gasteiger partial charge on any atom is -0.458 e. The molecule has 3 heterocycles. The molecule has 6 fully saturated rings. The van der Waals surface area contributed by atoms with Crippen LogP contribution in [-0.4, -0.2) is 146 Å². The maximum Gasteiger partial charge on any atom is 0.331 e. The van der Waals surface area contributed by atoms with Crippen LogP contribution in [0.5, 0.6) is 0 Å². The van der Waals surface area contributed by atoms with Crippen LogP contribution in [-0.2, 0) is 57.0 Å². The van der Waals surface area contributed by atoms with Crippen LogP contribution in [0.2, 0.25) is 0 Å². The van der Waals surface area contributed by atoms with E-state index in [1.165, 1.54) is 13.0 Å². The van der Waals surface area contributed by atoms with Gasteiger partial charge in [0, 0.05) is 63.9 Å². The van der Waals surface area contributed by atoms with Crippen molar-refractivity contribution in [2.45, 2.75) is 203 Å². The van der Waals surface area contributed by atoms with Crippen LogP contribution in [0, 0.1) is 22.7 Å². The number of Topliss-reactive ketones (excluding diaryl/α,β-unsaturated/α-hetero) is 1. The summed E-state index contributed by atoms with van der Waals surface area (Å²) < 4.78 is 62.3. The first-order valence-electron chi connectivity index (χ1n) is 24.2. The van der Waals surface area contributed by atoms with Gasteiger partial charge in [-0.2, -0.15) is 0 Å². The average molecular weight is 927 g/mol. The molecule has 0 spiro atoms. The van der Waals surface area contributed by atoms with Gasteiger partial charge in [0.1, 0.15) is 41.4 Å². The molecule has 0 aromatic heterocycles. The zero-order valence-electron chi connectivity index (χ0n) is 40.2. The fourth-order valence-electron chi connectivity index (χ4n) is 13.4. The highest BCUT2D eigenvalue weighted by Crippen LogP contribution is 2.70. The number of benzene rings is 1. The van der Waals surface area contributed by atoms with Crippen LogP contribution in [0.1, 0.15) is 111 Å². The Morgan fingerprint density at radius 1 is 0.758 bits per heavy atom. The van der Waals surface area contributed by atoms with E-state index in [0.717, 1.165) is 11.1 Å². The second-order valence-corrected chi connectivity index (χ2v) is 20.6. The molecule has 15 heteroatoms. The monoisotopic (exact) mass is 927 g/mol. The van der Waals surface area contributed by atoms with Crippen molar-refractivity contribution in [2.75, 3.05) is 21.3 Å². The molecule has 1 aromatic rings. The van der Waals surface area contributed by atoms with Crippen LogP contribution < -0.4 is 0 Å². The van der Waals surface area contributed by atoms with Crippen LogP contribution in [0.3, 0.4) is 0 Å². The van der Waals surface area contributed by atoms with E-state index in [9.17, 15) is 24.9 Å². The molecule has 3 saturated heterocycles. The zero-order valence-corrected chi connectivity index (χ0v) is 40.2. The number of carbonyl (C=O) groups excluding carboxylic acids is 2. The van der Waals surface area contributed by atoms with E-state index < -0.39 is 108 Å². The molecular formula is C51H74O15. The number of esters is 1. The summed E-state index contributed by atoms with van der Waals surface area (Å²) in [5, 5.41) is 36.3. The predicted octanol–water partition coefficient (Wildman–Crippen LogP) is 5.59. The lowest BCUT2D eigenvalue weighted by molar-refractivity contribution is -0.338. The first-order valence-corrected chi connectivity index (χ1v) is 24.2. The van der Waals surface area contributed by atoms with E-state index in [1.54, 1.807) is 34.3 Å². The molecule has 0 bridgehead atoms. The summed E-state index contributed by atoms with van der Waals surface area (Å²) in [4.78, 5) is 26.8. The van der Waals surface area contributed by atoms with Gasteiger partial charge in [-0.15, -0.1) is 0 Å². The molecule has 8 rings (SSSR count). The molecule has 1 aromatic carbocycles. The topological polar surface area (TPSA) is 187 Å². The lowest BCUT2D eigenvalue weighted by atomic mass is 9.43. The summed E-state index contributed by atoms with van der Waals surface area (Å²) in [5.41, 5.74) is -2.95. The van der Waals surface area contributed by atoms with Crippen molar-refractivity contribution in [1.29, 1.82) is 0 Å². The van der Waals surface area contributed by atoms with Crippen molar-refractivity contribution in [3.63, 3.8) is 0 Å². The van der Waals surface area contributed by atoms with Gasteiger partial charge in [0.15, 0.2) is 18.9 Å². The van der Waals surface area contributed by atoms with Gasteiger partial charge in [0.05, 0.1) is 42.7 Å². The summed E-state index contributed by atoms with van der Waals surface area (Å²) in [6.45, 7) is 11.2. The number of carbonyl (C=O) groups is 2. The Hall–Kier alpha value is -2.64. The third-order valence-electron chi connectivity index (χ3n) is 17.1. The second kappa shape index (κ2) is 19.6. The number of methoxy groups -OCH3 is 3. The third-order valence-corrected chi connectivity index (χ3v) is 17.1. The molecule has 15 nitrogen and oxygen atoms in total. The van der Waals surface area contributed by atoms with Gasteiger partial charge in [0.2, 0.25) is 0 Å². The second-order valence-electron chi connectivity index (χ2n) is 20.6. The maximum atomic E-state index is 13.5. The fourth-order valence-corrected chi connectivity index (χ4v) is 13.4. The van der Waals surface area contributed by atoms with Gasteiger partial charge in [-0.3, -0.25) is 4.79 Å². The summed E-state index contributed by atoms with van der Waals surface area (Å²) >= 11 is 0. The number of hydrogen-bond donors (Lipinski definition) is 3. The van der Waals surface area contributed by atoms with Crippen LogP contribution in [0.25, 0.3) is 6.08 Å². The minimum absolute atomic E-state index is 0.0827. The molecule has 7 aliphatic rings. The van der Waals surface area contributed by atoms with Crippen LogP contribution in [0.4, 0.5) is 0 Å². The average Bonchev–Trinajstić information content (AvgIpc) is 3.59. The van der Waals surface area contributed by atoms with Crippen molar-refractivity contribution < 1.29 is 72.3 Å². The zero-order chi connectivity index (χ0) is 47.3. The Morgan fingerprint density at radius 2 is 1.33 bits per heavy atom. The summed E-state index contributed by atoms with van der Waals surface area (Å²) in [5.74, 6) is -1.66. The molecule has 368 valence electrons. The Bertz CT molecular complexity index is 1930. The Labute approximate surface area is 389 Å². The van der Waals surface area contributed by atoms with Gasteiger partial charge < -0.3 is 62.7 Å². The highest BCUT2D eigenvalue weighted by molar-refractivity contribution is 5.87. The van der Waals surface area contributed by atoms with Gasteiger partial charge in [-0.1, -0.05) is 55.8 Å². The molecule has 3 aliphatic heterocycles. The Morgan fingerprint density at radius 3 is 1.92 bits per heavy atom. The van der Waals surface area contributed by atoms with E-state index in [2.05, 4.69) is 13.0 Å². The summed E-state index contributed by atoms with van der Waals surface area (Å²) in [6.07, 6.45) is 2.69. The highest BCUT2D eigenvalue weighted by atomic mass is 16.7. The number of rotatable bonds is 13. The van der Waals surface area contributed by atoms with E-state index in [0.29, 0.717) is 51.4 Å². The van der Waals surface area contributed by atoms with Crippen molar-refractivity contribution in [3.05, 3.63) is 53.6 Å². The van der Waals surface area contributed by atoms with Crippen molar-refractivity contribution in [3.8, 4) is 0 Å². The van der Waals surface area contributed by atoms with Crippen molar-refractivity contribution in [2.24, 2.45) is 22.7 Å². The number of ether oxygens (including phenoxy) is 10. The molecule has 66 heavy (non-hydrogen) atoms. The SMILES string of the molecule is CO[C@H]1CC(O[C@H]2CC[C@@]3(C)C(=CC[C@]4(O)[C@@H]3C[C@@H](OC(=O)/C=C/c3ccccc3)[C@]3(C)[C@H](C(C)=O)CC[C@@]34O)C2)O[C@H](C)[C@H]1O[C@H]1C[C@@H](OC)[C@H](O[C@H]2C[C@@H](OC)[C@H](O)[C@@H](C)O2)[C@@H](C)O1. The standard InChI is InChI=1S/C51H74O15/c1-28(52)35-19-22-51(56)49(35,6)40(64-41(53)16-15-32-13-11-10-12-14-32)27-39-48(5)20-18-34(23-33(48)17-21-50(39,51)55)63-42-25-37(58-8)46(30(3)61-42)66-44-26-38(59-9)47(31(4)62-44)65-43-24-36(57-7)45(54)29(2)60-43/h10-17,29-31,34-40,42-47,54-56H,18-27H2,1-9H3/b16-15+/t29-,30-,31-,34+,35+,36-,37+,38-,39-,40-,42?,43+,44+,45-,46-,47-,48+,49+,50+,51-/m1/s1. The molecule has 0 amide bonds. The maximum absolute atomic E-state index is 13.5. The van der Waals surface area contributed by atoms with E-state index in [-0.39, 0.29) is 36.9 Å². The van der Waals surface area contributed by atoms with Gasteiger partial charge >= 0.3 is 5.97 Å². The number of hydrogen-bond acceptors (Lipinski definition) is 15. The number of fused-ring (bicyclic) bond motifs is 5. The molecule has 0 radical (unpaired) electrons. The van der Waals surface area contributed by atoms with E-state index >= 15 is 0 Å². The van der Waals surface area contributed by atoms with Crippen LogP contribution >= 0.6 is 0 Å². The summed E-state index contributed by atoms with van der Waals surface area (Å²) in [6, 6.07) is 9.47. The highest BCUT2D eigenvalue weighted by Gasteiger charge is 2.77. The molecule has 3 N–H and O–H groups in total. The predicted molar refractivity (Wildman–Crippen MR) is 239 cm³/mol. The molecule has 1 unspecified atom stereocenters. The van der Waals surface area contributed by atoms with Gasteiger partial charge in [0.25, 0.3) is 0 Å². The molecular weight excluding hydrogens is 853 g/mol.